The van der Waals surface area contributed by atoms with Gasteiger partial charge in [-0.05, 0) is 49.9 Å². The van der Waals surface area contributed by atoms with Crippen LogP contribution < -0.4 is 4.72 Å². The minimum absolute atomic E-state index is 0.213. The van der Waals surface area contributed by atoms with Gasteiger partial charge in [0.05, 0.1) is 17.6 Å². The summed E-state index contributed by atoms with van der Waals surface area (Å²) in [6.45, 7) is 4.18. The highest BCUT2D eigenvalue weighted by molar-refractivity contribution is 7.89. The van der Waals surface area contributed by atoms with Gasteiger partial charge in [-0.1, -0.05) is 18.0 Å². The second-order valence-corrected chi connectivity index (χ2v) is 8.88. The summed E-state index contributed by atoms with van der Waals surface area (Å²) >= 11 is 6.05. The minimum Gasteiger partial charge on any atom is -0.347 e. The van der Waals surface area contributed by atoms with Crippen molar-refractivity contribution < 1.29 is 17.9 Å². The summed E-state index contributed by atoms with van der Waals surface area (Å²) in [5.41, 5.74) is 1.37. The van der Waals surface area contributed by atoms with E-state index in [1.165, 1.54) is 6.42 Å². The van der Waals surface area contributed by atoms with E-state index in [0.717, 1.165) is 31.2 Å². The Morgan fingerprint density at radius 2 is 1.92 bits per heavy atom. The SMILES string of the molecule is Cc1cc(S(=O)(=O)NC[C@@H]2COC3(CCCCC3)O2)c(C)cc1Cl. The molecule has 1 aromatic rings. The van der Waals surface area contributed by atoms with Crippen molar-refractivity contribution in [2.24, 2.45) is 0 Å². The fraction of sp³-hybridized carbons (Fsp3) is 0.647. The molecule has 2 fully saturated rings. The Balaban J connectivity index is 1.65. The lowest BCUT2D eigenvalue weighted by Gasteiger charge is -2.31. The summed E-state index contributed by atoms with van der Waals surface area (Å²) in [5.74, 6) is -0.485. The molecule has 1 aromatic carbocycles. The number of aryl methyl sites for hydroxylation is 2. The van der Waals surface area contributed by atoms with Gasteiger partial charge in [0.2, 0.25) is 10.0 Å². The predicted octanol–water partition coefficient (Wildman–Crippen LogP) is 3.31. The van der Waals surface area contributed by atoms with Crippen LogP contribution >= 0.6 is 11.6 Å². The molecule has 1 aliphatic carbocycles. The lowest BCUT2D eigenvalue weighted by molar-refractivity contribution is -0.186. The average Bonchev–Trinajstić information content (AvgIpc) is 2.92. The van der Waals surface area contributed by atoms with Crippen molar-refractivity contribution in [3.05, 3.63) is 28.3 Å². The fourth-order valence-electron chi connectivity index (χ4n) is 3.39. The van der Waals surface area contributed by atoms with Crippen LogP contribution in [0, 0.1) is 13.8 Å². The quantitative estimate of drug-likeness (QED) is 0.879. The van der Waals surface area contributed by atoms with Crippen molar-refractivity contribution in [1.29, 1.82) is 0 Å². The van der Waals surface area contributed by atoms with Crippen LogP contribution in [0.2, 0.25) is 5.02 Å². The molecule has 2 aliphatic rings. The van der Waals surface area contributed by atoms with Crippen LogP contribution in [0.5, 0.6) is 0 Å². The first-order valence-electron chi connectivity index (χ1n) is 8.40. The number of halogens is 1. The lowest BCUT2D eigenvalue weighted by Crippen LogP contribution is -2.37. The molecule has 24 heavy (non-hydrogen) atoms. The molecule has 1 heterocycles. The van der Waals surface area contributed by atoms with Gasteiger partial charge in [0.15, 0.2) is 5.79 Å². The van der Waals surface area contributed by atoms with Crippen molar-refractivity contribution in [3.63, 3.8) is 0 Å². The van der Waals surface area contributed by atoms with Gasteiger partial charge in [0.1, 0.15) is 0 Å². The topological polar surface area (TPSA) is 64.6 Å². The van der Waals surface area contributed by atoms with Gasteiger partial charge < -0.3 is 9.47 Å². The standard InChI is InChI=1S/C17H24ClNO4S/c1-12-9-16(13(2)8-15(12)18)24(20,21)19-10-14-11-22-17(23-14)6-4-3-5-7-17/h8-9,14,19H,3-7,10-11H2,1-2H3/t14-/m1/s1. The lowest BCUT2D eigenvalue weighted by atomic mass is 9.94. The molecule has 0 unspecified atom stereocenters. The third-order valence-electron chi connectivity index (χ3n) is 4.78. The second kappa shape index (κ2) is 6.92. The molecule has 0 aromatic heterocycles. The Morgan fingerprint density at radius 3 is 2.62 bits per heavy atom. The molecule has 5 nitrogen and oxygen atoms in total. The van der Waals surface area contributed by atoms with Crippen LogP contribution in [0.25, 0.3) is 0 Å². The van der Waals surface area contributed by atoms with Crippen LogP contribution in [-0.4, -0.2) is 33.5 Å². The Hall–Kier alpha value is -0.660. The third-order valence-corrected chi connectivity index (χ3v) is 6.75. The molecular weight excluding hydrogens is 350 g/mol. The molecule has 7 heteroatoms. The van der Waals surface area contributed by atoms with E-state index in [1.807, 2.05) is 0 Å². The van der Waals surface area contributed by atoms with Gasteiger partial charge in [-0.15, -0.1) is 0 Å². The van der Waals surface area contributed by atoms with E-state index in [2.05, 4.69) is 4.72 Å². The summed E-state index contributed by atoms with van der Waals surface area (Å²) in [4.78, 5) is 0.260. The Morgan fingerprint density at radius 1 is 1.21 bits per heavy atom. The summed E-state index contributed by atoms with van der Waals surface area (Å²) in [7, 11) is -3.60. The van der Waals surface area contributed by atoms with Crippen molar-refractivity contribution >= 4 is 21.6 Å². The van der Waals surface area contributed by atoms with Gasteiger partial charge in [-0.2, -0.15) is 0 Å². The number of hydrogen-bond donors (Lipinski definition) is 1. The number of rotatable bonds is 4. The molecule has 3 rings (SSSR count). The molecule has 1 N–H and O–H groups in total. The zero-order valence-corrected chi connectivity index (χ0v) is 15.7. The van der Waals surface area contributed by atoms with Gasteiger partial charge in [-0.3, -0.25) is 0 Å². The van der Waals surface area contributed by atoms with E-state index < -0.39 is 15.8 Å². The van der Waals surface area contributed by atoms with E-state index in [9.17, 15) is 8.42 Å². The smallest absolute Gasteiger partial charge is 0.240 e. The molecule has 1 saturated heterocycles. The summed E-state index contributed by atoms with van der Waals surface area (Å²) in [6, 6.07) is 3.28. The van der Waals surface area contributed by atoms with E-state index in [1.54, 1.807) is 26.0 Å². The molecule has 1 saturated carbocycles. The van der Waals surface area contributed by atoms with Crippen LogP contribution in [0.3, 0.4) is 0 Å². The highest BCUT2D eigenvalue weighted by atomic mass is 35.5. The number of hydrogen-bond acceptors (Lipinski definition) is 4. The number of nitrogens with one attached hydrogen (secondary N) is 1. The minimum atomic E-state index is -3.60. The maximum Gasteiger partial charge on any atom is 0.240 e. The highest BCUT2D eigenvalue weighted by Gasteiger charge is 2.42. The summed E-state index contributed by atoms with van der Waals surface area (Å²) in [6.07, 6.45) is 4.95. The molecule has 1 spiro atoms. The average molecular weight is 374 g/mol. The van der Waals surface area contributed by atoms with Crippen molar-refractivity contribution in [2.75, 3.05) is 13.2 Å². The molecule has 0 radical (unpaired) electrons. The summed E-state index contributed by atoms with van der Waals surface area (Å²) in [5, 5.41) is 0.568. The normalized spacial score (nSPS) is 23.7. The molecule has 1 aliphatic heterocycles. The van der Waals surface area contributed by atoms with E-state index in [-0.39, 0.29) is 17.5 Å². The maximum atomic E-state index is 12.6. The zero-order chi connectivity index (χ0) is 17.4. The van der Waals surface area contributed by atoms with Crippen molar-refractivity contribution in [1.82, 2.24) is 4.72 Å². The predicted molar refractivity (Wildman–Crippen MR) is 92.8 cm³/mol. The highest BCUT2D eigenvalue weighted by Crippen LogP contribution is 2.37. The van der Waals surface area contributed by atoms with Gasteiger partial charge in [0, 0.05) is 24.4 Å². The van der Waals surface area contributed by atoms with Crippen LogP contribution in [0.15, 0.2) is 17.0 Å². The largest absolute Gasteiger partial charge is 0.347 e. The molecular formula is C17H24ClNO4S. The zero-order valence-electron chi connectivity index (χ0n) is 14.1. The van der Waals surface area contributed by atoms with Crippen LogP contribution in [0.1, 0.15) is 43.2 Å². The number of ether oxygens (including phenoxy) is 2. The van der Waals surface area contributed by atoms with Crippen molar-refractivity contribution in [3.8, 4) is 0 Å². The van der Waals surface area contributed by atoms with Gasteiger partial charge >= 0.3 is 0 Å². The van der Waals surface area contributed by atoms with Gasteiger partial charge in [0.25, 0.3) is 0 Å². The van der Waals surface area contributed by atoms with Crippen molar-refractivity contribution in [2.45, 2.75) is 62.7 Å². The van der Waals surface area contributed by atoms with E-state index >= 15 is 0 Å². The molecule has 0 amide bonds. The Labute approximate surface area is 148 Å². The third kappa shape index (κ3) is 3.78. The van der Waals surface area contributed by atoms with E-state index in [4.69, 9.17) is 21.1 Å². The maximum absolute atomic E-state index is 12.6. The van der Waals surface area contributed by atoms with E-state index in [0.29, 0.717) is 17.2 Å². The first-order valence-corrected chi connectivity index (χ1v) is 10.3. The summed E-state index contributed by atoms with van der Waals surface area (Å²) < 4.78 is 39.7. The van der Waals surface area contributed by atoms with Crippen LogP contribution in [0.4, 0.5) is 0 Å². The molecule has 134 valence electrons. The monoisotopic (exact) mass is 373 g/mol. The fourth-order valence-corrected chi connectivity index (χ4v) is 4.99. The molecule has 0 bridgehead atoms. The Kier molecular flexibility index (Phi) is 5.23. The molecule has 1 atom stereocenters. The first kappa shape index (κ1) is 18.1. The van der Waals surface area contributed by atoms with Gasteiger partial charge in [-0.25, -0.2) is 13.1 Å². The number of sulfonamides is 1. The number of benzene rings is 1. The first-order chi connectivity index (χ1) is 11.3. The Bertz CT molecular complexity index is 714. The second-order valence-electron chi connectivity index (χ2n) is 6.74. The van der Waals surface area contributed by atoms with Crippen LogP contribution in [-0.2, 0) is 19.5 Å².